The third kappa shape index (κ3) is 4.38. The Bertz CT molecular complexity index is 522. The van der Waals surface area contributed by atoms with Gasteiger partial charge in [-0.1, -0.05) is 19.1 Å². The van der Waals surface area contributed by atoms with Crippen molar-refractivity contribution >= 4 is 0 Å². The van der Waals surface area contributed by atoms with Crippen LogP contribution in [-0.2, 0) is 19.5 Å². The summed E-state index contributed by atoms with van der Waals surface area (Å²) in [4.78, 5) is 0. The topological polar surface area (TPSA) is 39.1 Å². The van der Waals surface area contributed by atoms with Crippen molar-refractivity contribution in [1.82, 2.24) is 15.1 Å². The van der Waals surface area contributed by atoms with Crippen molar-refractivity contribution in [2.75, 3.05) is 13.7 Å². The first kappa shape index (κ1) is 14.6. The Kier molecular flexibility index (Phi) is 5.62. The number of hydrogen-bond donors (Lipinski definition) is 1. The average molecular weight is 273 g/mol. The zero-order chi connectivity index (χ0) is 14.2. The van der Waals surface area contributed by atoms with Crippen LogP contribution in [0.25, 0.3) is 0 Å². The zero-order valence-corrected chi connectivity index (χ0v) is 12.3. The van der Waals surface area contributed by atoms with Crippen molar-refractivity contribution in [2.45, 2.75) is 32.9 Å². The first-order chi connectivity index (χ1) is 9.81. The monoisotopic (exact) mass is 273 g/mol. The molecule has 4 heteroatoms. The van der Waals surface area contributed by atoms with E-state index in [1.54, 1.807) is 7.11 Å². The minimum absolute atomic E-state index is 0.869. The molecule has 2 rings (SSSR count). The summed E-state index contributed by atoms with van der Waals surface area (Å²) in [6.45, 7) is 4.97. The molecule has 0 bridgehead atoms. The summed E-state index contributed by atoms with van der Waals surface area (Å²) in [5.41, 5.74) is 2.53. The highest BCUT2D eigenvalue weighted by atomic mass is 16.5. The van der Waals surface area contributed by atoms with E-state index in [9.17, 15) is 0 Å². The molecule has 0 aliphatic rings. The lowest BCUT2D eigenvalue weighted by Gasteiger charge is -2.05. The van der Waals surface area contributed by atoms with Crippen LogP contribution in [0.3, 0.4) is 0 Å². The second kappa shape index (κ2) is 7.70. The van der Waals surface area contributed by atoms with Crippen LogP contribution in [-0.4, -0.2) is 23.4 Å². The number of hydrogen-bond acceptors (Lipinski definition) is 3. The molecule has 0 amide bonds. The molecule has 0 fully saturated rings. The molecule has 0 radical (unpaired) electrons. The number of nitrogens with one attached hydrogen (secondary N) is 1. The predicted molar refractivity (Wildman–Crippen MR) is 80.9 cm³/mol. The van der Waals surface area contributed by atoms with Gasteiger partial charge in [-0.2, -0.15) is 5.10 Å². The van der Waals surface area contributed by atoms with Gasteiger partial charge in [-0.25, -0.2) is 0 Å². The number of rotatable bonds is 8. The van der Waals surface area contributed by atoms with Crippen LogP contribution in [0.1, 0.15) is 24.5 Å². The molecule has 0 unspecified atom stereocenters. The van der Waals surface area contributed by atoms with Crippen LogP contribution in [0.15, 0.2) is 36.7 Å². The molecular weight excluding hydrogens is 250 g/mol. The third-order valence-electron chi connectivity index (χ3n) is 3.19. The second-order valence-electron chi connectivity index (χ2n) is 4.89. The Labute approximate surface area is 120 Å². The fourth-order valence-corrected chi connectivity index (χ4v) is 2.14. The van der Waals surface area contributed by atoms with Crippen molar-refractivity contribution < 1.29 is 4.74 Å². The zero-order valence-electron chi connectivity index (χ0n) is 12.3. The summed E-state index contributed by atoms with van der Waals surface area (Å²) in [6.07, 6.45) is 6.17. The van der Waals surface area contributed by atoms with Crippen LogP contribution in [0.2, 0.25) is 0 Å². The maximum Gasteiger partial charge on any atom is 0.119 e. The fourth-order valence-electron chi connectivity index (χ4n) is 2.14. The molecule has 0 aliphatic heterocycles. The molecule has 108 valence electrons. The van der Waals surface area contributed by atoms with Crippen molar-refractivity contribution in [3.8, 4) is 5.75 Å². The summed E-state index contributed by atoms with van der Waals surface area (Å²) in [6, 6.07) is 8.21. The molecular formula is C16H23N3O. The first-order valence-corrected chi connectivity index (χ1v) is 7.17. The first-order valence-electron chi connectivity index (χ1n) is 7.17. The summed E-state index contributed by atoms with van der Waals surface area (Å²) in [7, 11) is 1.70. The number of benzene rings is 1. The number of ether oxygens (including phenoxy) is 1. The van der Waals surface area contributed by atoms with Gasteiger partial charge in [-0.3, -0.25) is 4.68 Å². The fraction of sp³-hybridized carbons (Fsp3) is 0.438. The number of aryl methyl sites for hydroxylation is 1. The summed E-state index contributed by atoms with van der Waals surface area (Å²) < 4.78 is 7.22. The maximum absolute atomic E-state index is 5.22. The minimum Gasteiger partial charge on any atom is -0.497 e. The standard InChI is InChI=1S/C16H23N3O/c1-3-9-19-13-15(12-18-19)11-17-8-7-14-5-4-6-16(10-14)20-2/h4-6,10,12-13,17H,3,7-9,11H2,1-2H3. The van der Waals surface area contributed by atoms with Crippen LogP contribution < -0.4 is 10.1 Å². The lowest BCUT2D eigenvalue weighted by atomic mass is 10.1. The lowest BCUT2D eigenvalue weighted by Crippen LogP contribution is -2.16. The SMILES string of the molecule is CCCn1cc(CNCCc2cccc(OC)c2)cn1. The van der Waals surface area contributed by atoms with Gasteiger partial charge in [0.1, 0.15) is 5.75 Å². The number of nitrogens with zero attached hydrogens (tertiary/aromatic N) is 2. The van der Waals surface area contributed by atoms with E-state index >= 15 is 0 Å². The molecule has 0 saturated carbocycles. The summed E-state index contributed by atoms with van der Waals surface area (Å²) in [5.74, 6) is 0.920. The second-order valence-corrected chi connectivity index (χ2v) is 4.89. The molecule has 0 aliphatic carbocycles. The van der Waals surface area contributed by atoms with E-state index in [0.717, 1.165) is 38.2 Å². The molecule has 1 heterocycles. The highest BCUT2D eigenvalue weighted by Crippen LogP contribution is 2.12. The van der Waals surface area contributed by atoms with Crippen molar-refractivity contribution in [2.24, 2.45) is 0 Å². The minimum atomic E-state index is 0.869. The molecule has 1 aromatic carbocycles. The van der Waals surface area contributed by atoms with Gasteiger partial charge in [0.2, 0.25) is 0 Å². The van der Waals surface area contributed by atoms with Gasteiger partial charge in [0.25, 0.3) is 0 Å². The van der Waals surface area contributed by atoms with Gasteiger partial charge in [-0.15, -0.1) is 0 Å². The summed E-state index contributed by atoms with van der Waals surface area (Å²) in [5, 5.41) is 7.77. The van der Waals surface area contributed by atoms with Gasteiger partial charge in [0, 0.05) is 24.8 Å². The van der Waals surface area contributed by atoms with E-state index in [1.165, 1.54) is 11.1 Å². The molecule has 4 nitrogen and oxygen atoms in total. The van der Waals surface area contributed by atoms with Gasteiger partial charge >= 0.3 is 0 Å². The Hall–Kier alpha value is -1.81. The van der Waals surface area contributed by atoms with E-state index in [4.69, 9.17) is 4.74 Å². The van der Waals surface area contributed by atoms with E-state index in [1.807, 2.05) is 23.0 Å². The summed E-state index contributed by atoms with van der Waals surface area (Å²) >= 11 is 0. The Morgan fingerprint density at radius 3 is 3.00 bits per heavy atom. The highest BCUT2D eigenvalue weighted by Gasteiger charge is 1.99. The highest BCUT2D eigenvalue weighted by molar-refractivity contribution is 5.28. The molecule has 0 saturated heterocycles. The van der Waals surface area contributed by atoms with E-state index in [0.29, 0.717) is 0 Å². The maximum atomic E-state index is 5.22. The van der Waals surface area contributed by atoms with Crippen molar-refractivity contribution in [1.29, 1.82) is 0 Å². The van der Waals surface area contributed by atoms with E-state index < -0.39 is 0 Å². The molecule has 1 N–H and O–H groups in total. The Balaban J connectivity index is 1.72. The van der Waals surface area contributed by atoms with Crippen LogP contribution >= 0.6 is 0 Å². The molecule has 0 atom stereocenters. The van der Waals surface area contributed by atoms with Gasteiger partial charge < -0.3 is 10.1 Å². The molecule has 0 spiro atoms. The van der Waals surface area contributed by atoms with Crippen molar-refractivity contribution in [3.63, 3.8) is 0 Å². The lowest BCUT2D eigenvalue weighted by molar-refractivity contribution is 0.414. The van der Waals surface area contributed by atoms with Gasteiger partial charge in [0.05, 0.1) is 13.3 Å². The quantitative estimate of drug-likeness (QED) is 0.752. The number of methoxy groups -OCH3 is 1. The largest absolute Gasteiger partial charge is 0.497 e. The molecule has 2 aromatic rings. The van der Waals surface area contributed by atoms with Crippen LogP contribution in [0.5, 0.6) is 5.75 Å². The predicted octanol–water partition coefficient (Wildman–Crippen LogP) is 2.63. The third-order valence-corrected chi connectivity index (χ3v) is 3.19. The van der Waals surface area contributed by atoms with Gasteiger partial charge in [0.15, 0.2) is 0 Å². The van der Waals surface area contributed by atoms with Gasteiger partial charge in [-0.05, 0) is 37.1 Å². The number of aromatic nitrogens is 2. The molecule has 1 aromatic heterocycles. The van der Waals surface area contributed by atoms with Crippen LogP contribution in [0, 0.1) is 0 Å². The Morgan fingerprint density at radius 2 is 2.20 bits per heavy atom. The smallest absolute Gasteiger partial charge is 0.119 e. The van der Waals surface area contributed by atoms with E-state index in [-0.39, 0.29) is 0 Å². The Morgan fingerprint density at radius 1 is 1.30 bits per heavy atom. The molecule has 20 heavy (non-hydrogen) atoms. The normalized spacial score (nSPS) is 10.7. The van der Waals surface area contributed by atoms with E-state index in [2.05, 4.69) is 35.7 Å². The average Bonchev–Trinajstić information content (AvgIpc) is 2.92. The van der Waals surface area contributed by atoms with Crippen molar-refractivity contribution in [3.05, 3.63) is 47.8 Å². The van der Waals surface area contributed by atoms with Crippen LogP contribution in [0.4, 0.5) is 0 Å².